The first-order valence-corrected chi connectivity index (χ1v) is 10.0. The van der Waals surface area contributed by atoms with Crippen LogP contribution in [0.5, 0.6) is 0 Å². The molecule has 0 saturated heterocycles. The Morgan fingerprint density at radius 2 is 1.71 bits per heavy atom. The molecule has 0 aliphatic carbocycles. The molecule has 3 rings (SSSR count). The minimum atomic E-state index is -0.334. The standard InChI is InChI=1S/C22H23N3O2S/c1-4-13-25-21(26)12-11-20(24-25)22(27)23-17-6-9-18(10-7-17)28-19-8-5-15(2)16(3)14-19/h5-12,14H,4,13H2,1-3H3,(H,23,27). The molecule has 6 heteroatoms. The van der Waals surface area contributed by atoms with Gasteiger partial charge in [0.05, 0.1) is 0 Å². The van der Waals surface area contributed by atoms with Crippen molar-refractivity contribution in [1.29, 1.82) is 0 Å². The van der Waals surface area contributed by atoms with Crippen molar-refractivity contribution in [2.45, 2.75) is 43.5 Å². The van der Waals surface area contributed by atoms with Gasteiger partial charge in [-0.05, 0) is 73.9 Å². The molecule has 1 aromatic heterocycles. The van der Waals surface area contributed by atoms with Crippen LogP contribution in [0.4, 0.5) is 5.69 Å². The number of aromatic nitrogens is 2. The van der Waals surface area contributed by atoms with Crippen LogP contribution in [-0.4, -0.2) is 15.7 Å². The molecule has 0 fully saturated rings. The van der Waals surface area contributed by atoms with E-state index in [4.69, 9.17) is 0 Å². The molecule has 0 spiro atoms. The maximum atomic E-state index is 12.4. The third-order valence-electron chi connectivity index (χ3n) is 4.36. The number of carbonyl (C=O) groups is 1. The molecular formula is C22H23N3O2S. The van der Waals surface area contributed by atoms with E-state index >= 15 is 0 Å². The molecule has 0 atom stereocenters. The topological polar surface area (TPSA) is 64.0 Å². The lowest BCUT2D eigenvalue weighted by Crippen LogP contribution is -2.26. The van der Waals surface area contributed by atoms with E-state index in [0.717, 1.165) is 11.3 Å². The highest BCUT2D eigenvalue weighted by molar-refractivity contribution is 7.99. The minimum absolute atomic E-state index is 0.203. The average Bonchev–Trinajstić information content (AvgIpc) is 2.68. The molecular weight excluding hydrogens is 370 g/mol. The number of nitrogens with one attached hydrogen (secondary N) is 1. The van der Waals surface area contributed by atoms with Crippen LogP contribution in [-0.2, 0) is 6.54 Å². The maximum absolute atomic E-state index is 12.4. The molecule has 0 unspecified atom stereocenters. The van der Waals surface area contributed by atoms with Crippen molar-refractivity contribution in [1.82, 2.24) is 9.78 Å². The van der Waals surface area contributed by atoms with Crippen LogP contribution >= 0.6 is 11.8 Å². The predicted molar refractivity (Wildman–Crippen MR) is 113 cm³/mol. The van der Waals surface area contributed by atoms with Gasteiger partial charge in [0.2, 0.25) is 0 Å². The van der Waals surface area contributed by atoms with Gasteiger partial charge in [0.25, 0.3) is 11.5 Å². The molecule has 0 bridgehead atoms. The van der Waals surface area contributed by atoms with Gasteiger partial charge in [-0.25, -0.2) is 4.68 Å². The highest BCUT2D eigenvalue weighted by Crippen LogP contribution is 2.29. The second-order valence-electron chi connectivity index (χ2n) is 6.61. The first-order chi connectivity index (χ1) is 13.5. The Hall–Kier alpha value is -2.86. The van der Waals surface area contributed by atoms with Crippen LogP contribution in [0.25, 0.3) is 0 Å². The highest BCUT2D eigenvalue weighted by Gasteiger charge is 2.10. The molecule has 1 N–H and O–H groups in total. The normalized spacial score (nSPS) is 10.7. The Morgan fingerprint density at radius 3 is 2.39 bits per heavy atom. The zero-order valence-corrected chi connectivity index (χ0v) is 17.0. The molecule has 1 heterocycles. The number of benzene rings is 2. The number of rotatable bonds is 6. The summed E-state index contributed by atoms with van der Waals surface area (Å²) in [6, 6.07) is 16.9. The monoisotopic (exact) mass is 393 g/mol. The second kappa shape index (κ2) is 8.89. The number of amides is 1. The molecule has 5 nitrogen and oxygen atoms in total. The van der Waals surface area contributed by atoms with Gasteiger partial charge in [0.15, 0.2) is 0 Å². The Labute approximate surface area is 168 Å². The summed E-state index contributed by atoms with van der Waals surface area (Å²) >= 11 is 1.68. The van der Waals surface area contributed by atoms with Gasteiger partial charge in [-0.1, -0.05) is 24.8 Å². The van der Waals surface area contributed by atoms with E-state index in [9.17, 15) is 9.59 Å². The zero-order chi connectivity index (χ0) is 20.1. The van der Waals surface area contributed by atoms with Crippen molar-refractivity contribution < 1.29 is 4.79 Å². The lowest BCUT2D eigenvalue weighted by atomic mass is 10.1. The van der Waals surface area contributed by atoms with Crippen LogP contribution < -0.4 is 10.9 Å². The zero-order valence-electron chi connectivity index (χ0n) is 16.2. The fourth-order valence-electron chi connectivity index (χ4n) is 2.66. The SMILES string of the molecule is CCCn1nc(C(=O)Nc2ccc(Sc3ccc(C)c(C)c3)cc2)ccc1=O. The summed E-state index contributed by atoms with van der Waals surface area (Å²) in [4.78, 5) is 26.4. The van der Waals surface area contributed by atoms with E-state index in [-0.39, 0.29) is 17.2 Å². The van der Waals surface area contributed by atoms with E-state index in [0.29, 0.717) is 12.2 Å². The van der Waals surface area contributed by atoms with Crippen LogP contribution in [0.15, 0.2) is 69.2 Å². The van der Waals surface area contributed by atoms with Crippen molar-refractivity contribution in [3.63, 3.8) is 0 Å². The molecule has 0 radical (unpaired) electrons. The van der Waals surface area contributed by atoms with Crippen LogP contribution in [0, 0.1) is 13.8 Å². The summed E-state index contributed by atoms with van der Waals surface area (Å²) in [7, 11) is 0. The van der Waals surface area contributed by atoms with Gasteiger partial charge >= 0.3 is 0 Å². The fraction of sp³-hybridized carbons (Fsp3) is 0.227. The first kappa shape index (κ1) is 19.9. The lowest BCUT2D eigenvalue weighted by molar-refractivity contribution is 0.101. The summed E-state index contributed by atoms with van der Waals surface area (Å²) in [6.45, 7) is 6.66. The summed E-state index contributed by atoms with van der Waals surface area (Å²) < 4.78 is 1.32. The molecule has 144 valence electrons. The Kier molecular flexibility index (Phi) is 6.31. The maximum Gasteiger partial charge on any atom is 0.276 e. The number of anilines is 1. The van der Waals surface area contributed by atoms with Crippen molar-refractivity contribution in [2.24, 2.45) is 0 Å². The second-order valence-corrected chi connectivity index (χ2v) is 7.75. The first-order valence-electron chi connectivity index (χ1n) is 9.21. The summed E-state index contributed by atoms with van der Waals surface area (Å²) in [6.07, 6.45) is 0.775. The summed E-state index contributed by atoms with van der Waals surface area (Å²) in [5, 5.41) is 6.96. The third-order valence-corrected chi connectivity index (χ3v) is 5.36. The van der Waals surface area contributed by atoms with Crippen molar-refractivity contribution in [2.75, 3.05) is 5.32 Å². The molecule has 3 aromatic rings. The van der Waals surface area contributed by atoms with Gasteiger partial charge in [0, 0.05) is 28.1 Å². The molecule has 0 aliphatic heterocycles. The number of hydrogen-bond acceptors (Lipinski definition) is 4. The number of hydrogen-bond donors (Lipinski definition) is 1. The van der Waals surface area contributed by atoms with Crippen LogP contribution in [0.1, 0.15) is 35.0 Å². The smallest absolute Gasteiger partial charge is 0.276 e. The molecule has 0 saturated carbocycles. The van der Waals surface area contributed by atoms with Crippen molar-refractivity contribution in [3.8, 4) is 0 Å². The largest absolute Gasteiger partial charge is 0.321 e. The quantitative estimate of drug-likeness (QED) is 0.661. The molecule has 2 aromatic carbocycles. The number of carbonyl (C=O) groups excluding carboxylic acids is 1. The predicted octanol–water partition coefficient (Wildman–Crippen LogP) is 4.67. The van der Waals surface area contributed by atoms with Crippen molar-refractivity contribution >= 4 is 23.4 Å². The van der Waals surface area contributed by atoms with Gasteiger partial charge in [0.1, 0.15) is 5.69 Å². The van der Waals surface area contributed by atoms with Gasteiger partial charge < -0.3 is 5.32 Å². The summed E-state index contributed by atoms with van der Waals surface area (Å²) in [5.41, 5.74) is 3.25. The average molecular weight is 394 g/mol. The Balaban J connectivity index is 1.68. The minimum Gasteiger partial charge on any atom is -0.321 e. The Morgan fingerprint density at radius 1 is 1.00 bits per heavy atom. The van der Waals surface area contributed by atoms with Crippen LogP contribution in [0.3, 0.4) is 0 Å². The number of aryl methyl sites for hydroxylation is 3. The van der Waals surface area contributed by atoms with E-state index in [2.05, 4.69) is 42.5 Å². The van der Waals surface area contributed by atoms with E-state index in [1.165, 1.54) is 32.8 Å². The number of nitrogens with zero attached hydrogens (tertiary/aromatic N) is 2. The van der Waals surface area contributed by atoms with E-state index < -0.39 is 0 Å². The third kappa shape index (κ3) is 4.89. The molecule has 28 heavy (non-hydrogen) atoms. The molecule has 0 aliphatic rings. The van der Waals surface area contributed by atoms with Crippen LogP contribution in [0.2, 0.25) is 0 Å². The van der Waals surface area contributed by atoms with E-state index in [1.807, 2.05) is 31.2 Å². The highest BCUT2D eigenvalue weighted by atomic mass is 32.2. The summed E-state index contributed by atoms with van der Waals surface area (Å²) in [5.74, 6) is -0.334. The van der Waals surface area contributed by atoms with Gasteiger partial charge in [-0.2, -0.15) is 5.10 Å². The lowest BCUT2D eigenvalue weighted by Gasteiger charge is -2.08. The van der Waals surface area contributed by atoms with Gasteiger partial charge in [-0.15, -0.1) is 0 Å². The Bertz CT molecular complexity index is 1040. The fourth-order valence-corrected chi connectivity index (χ4v) is 3.57. The van der Waals surface area contributed by atoms with E-state index in [1.54, 1.807) is 11.8 Å². The van der Waals surface area contributed by atoms with Gasteiger partial charge in [-0.3, -0.25) is 9.59 Å². The van der Waals surface area contributed by atoms with Crippen molar-refractivity contribution in [3.05, 3.63) is 81.8 Å². The molecule has 1 amide bonds.